The van der Waals surface area contributed by atoms with Gasteiger partial charge >= 0.3 is 0 Å². The quantitative estimate of drug-likeness (QED) is 0.732. The number of aliphatic hydroxyl groups is 2. The van der Waals surface area contributed by atoms with Crippen LogP contribution in [0, 0.1) is 0 Å². The summed E-state index contributed by atoms with van der Waals surface area (Å²) in [6.45, 7) is -0.238. The molecule has 1 unspecified atom stereocenters. The Bertz CT molecular complexity index is 1010. The minimum absolute atomic E-state index is 0.0266. The Morgan fingerprint density at radius 3 is 2.66 bits per heavy atom. The van der Waals surface area contributed by atoms with Crippen molar-refractivity contribution in [2.45, 2.75) is 6.04 Å². The van der Waals surface area contributed by atoms with E-state index >= 15 is 0 Å². The fourth-order valence-electron chi connectivity index (χ4n) is 3.50. The number of ether oxygens (including phenoxy) is 2. The zero-order valence-corrected chi connectivity index (χ0v) is 15.4. The third-order valence-corrected chi connectivity index (χ3v) is 4.85. The van der Waals surface area contributed by atoms with Crippen molar-refractivity contribution in [1.82, 2.24) is 4.90 Å². The normalized spacial score (nSPS) is 18.2. The molecule has 148 valence electrons. The number of β-amino-alcohol motifs (C(OH)–C–C–N with tert-alkyl or cyclic N) is 1. The average molecular weight is 393 g/mol. The molecule has 2 aliphatic heterocycles. The summed E-state index contributed by atoms with van der Waals surface area (Å²) in [5.41, 5.74) is 1.36. The lowest BCUT2D eigenvalue weighted by molar-refractivity contribution is -0.129. The van der Waals surface area contributed by atoms with Gasteiger partial charge in [0.1, 0.15) is 0 Å². The van der Waals surface area contributed by atoms with E-state index in [1.54, 1.807) is 24.3 Å². The first kappa shape index (κ1) is 18.8. The smallest absolute Gasteiger partial charge is 0.290 e. The molecule has 2 N–H and O–H groups in total. The van der Waals surface area contributed by atoms with Crippen LogP contribution in [0.1, 0.15) is 17.2 Å². The minimum atomic E-state index is -0.836. The molecule has 29 heavy (non-hydrogen) atoms. The highest BCUT2D eigenvalue weighted by Crippen LogP contribution is 2.41. The first-order valence-electron chi connectivity index (χ1n) is 9.12. The van der Waals surface area contributed by atoms with E-state index in [1.165, 1.54) is 11.0 Å². The molecule has 0 fully saturated rings. The number of ketones is 1. The lowest BCUT2D eigenvalue weighted by Gasteiger charge is -2.26. The second kappa shape index (κ2) is 7.81. The lowest BCUT2D eigenvalue weighted by Crippen LogP contribution is -2.33. The molecule has 4 rings (SSSR count). The maximum absolute atomic E-state index is 12.9. The second-order valence-corrected chi connectivity index (χ2v) is 6.61. The highest BCUT2D eigenvalue weighted by molar-refractivity contribution is 6.14. The number of rotatable bonds is 6. The van der Waals surface area contributed by atoms with E-state index in [2.05, 4.69) is 0 Å². The molecule has 0 spiro atoms. The molecule has 0 saturated carbocycles. The Morgan fingerprint density at radius 2 is 1.90 bits per heavy atom. The van der Waals surface area contributed by atoms with Crippen LogP contribution in [0.25, 0.3) is 6.08 Å². The number of fused-ring (bicyclic) bond motifs is 1. The number of aliphatic hydroxyl groups excluding tert-OH is 2. The fourth-order valence-corrected chi connectivity index (χ4v) is 3.50. The van der Waals surface area contributed by atoms with Gasteiger partial charge in [0.15, 0.2) is 23.0 Å². The molecule has 2 heterocycles. The Morgan fingerprint density at radius 1 is 1.14 bits per heavy atom. The van der Waals surface area contributed by atoms with Gasteiger partial charge in [0.25, 0.3) is 5.91 Å². The van der Waals surface area contributed by atoms with E-state index in [4.69, 9.17) is 9.47 Å². The molecule has 0 aliphatic carbocycles. The summed E-state index contributed by atoms with van der Waals surface area (Å²) in [5, 5.41) is 19.8. The standard InChI is InChI=1S/C22H19NO6/c24-11-10-23-20(15-7-9-17-18(12-15)29-13-28-17)19(21(26)22(23)27)16(25)8-6-14-4-2-1-3-5-14/h1-9,12,20,24,26H,10-11,13H2. The number of hydrogen-bond donors (Lipinski definition) is 2. The van der Waals surface area contributed by atoms with Crippen LogP contribution >= 0.6 is 0 Å². The van der Waals surface area contributed by atoms with E-state index < -0.39 is 23.5 Å². The minimum Gasteiger partial charge on any atom is -0.503 e. The van der Waals surface area contributed by atoms with Crippen LogP contribution in [0.5, 0.6) is 11.5 Å². The highest BCUT2D eigenvalue weighted by Gasteiger charge is 2.43. The summed E-state index contributed by atoms with van der Waals surface area (Å²) in [5.74, 6) is -0.724. The maximum atomic E-state index is 12.9. The molecule has 1 atom stereocenters. The first-order chi connectivity index (χ1) is 14.1. The van der Waals surface area contributed by atoms with Crippen LogP contribution in [-0.2, 0) is 9.59 Å². The Balaban J connectivity index is 1.72. The van der Waals surface area contributed by atoms with Gasteiger partial charge in [-0.3, -0.25) is 9.59 Å². The predicted octanol–water partition coefficient (Wildman–Crippen LogP) is 2.39. The fraction of sp³-hybridized carbons (Fsp3) is 0.182. The SMILES string of the molecule is O=C(C=Cc1ccccc1)C1=C(O)C(=O)N(CCO)C1c1ccc2c(c1)OCO2. The predicted molar refractivity (Wildman–Crippen MR) is 104 cm³/mol. The molecule has 0 radical (unpaired) electrons. The summed E-state index contributed by atoms with van der Waals surface area (Å²) in [7, 11) is 0. The molecule has 7 heteroatoms. The van der Waals surface area contributed by atoms with E-state index in [1.807, 2.05) is 30.3 Å². The van der Waals surface area contributed by atoms with Gasteiger partial charge in [-0.1, -0.05) is 42.5 Å². The van der Waals surface area contributed by atoms with Gasteiger partial charge in [-0.15, -0.1) is 0 Å². The number of allylic oxidation sites excluding steroid dienone is 1. The molecular weight excluding hydrogens is 374 g/mol. The third kappa shape index (κ3) is 3.48. The summed E-state index contributed by atoms with van der Waals surface area (Å²) in [4.78, 5) is 26.8. The van der Waals surface area contributed by atoms with E-state index in [0.717, 1.165) is 5.56 Å². The van der Waals surface area contributed by atoms with Crippen LogP contribution in [0.4, 0.5) is 0 Å². The lowest BCUT2D eigenvalue weighted by atomic mass is 9.95. The van der Waals surface area contributed by atoms with Gasteiger partial charge in [0.2, 0.25) is 6.79 Å². The van der Waals surface area contributed by atoms with Crippen LogP contribution < -0.4 is 9.47 Å². The Labute approximate surface area is 167 Å². The molecule has 7 nitrogen and oxygen atoms in total. The second-order valence-electron chi connectivity index (χ2n) is 6.61. The van der Waals surface area contributed by atoms with Crippen molar-refractivity contribution in [2.24, 2.45) is 0 Å². The molecule has 0 aromatic heterocycles. The summed E-state index contributed by atoms with van der Waals surface area (Å²) < 4.78 is 10.7. The van der Waals surface area contributed by atoms with Gasteiger partial charge in [-0.2, -0.15) is 0 Å². The monoisotopic (exact) mass is 393 g/mol. The van der Waals surface area contributed by atoms with E-state index in [0.29, 0.717) is 17.1 Å². The Hall–Kier alpha value is -3.58. The number of benzene rings is 2. The first-order valence-corrected chi connectivity index (χ1v) is 9.12. The van der Waals surface area contributed by atoms with Crippen molar-refractivity contribution in [3.63, 3.8) is 0 Å². The van der Waals surface area contributed by atoms with Crippen molar-refractivity contribution in [3.8, 4) is 11.5 Å². The Kier molecular flexibility index (Phi) is 5.05. The van der Waals surface area contributed by atoms with Gasteiger partial charge in [-0.05, 0) is 29.3 Å². The van der Waals surface area contributed by atoms with Gasteiger partial charge in [0, 0.05) is 6.54 Å². The number of amides is 1. The van der Waals surface area contributed by atoms with Gasteiger partial charge < -0.3 is 24.6 Å². The molecule has 2 aliphatic rings. The van der Waals surface area contributed by atoms with Crippen LogP contribution in [0.15, 0.2) is 65.9 Å². The zero-order valence-electron chi connectivity index (χ0n) is 15.4. The zero-order chi connectivity index (χ0) is 20.4. The van der Waals surface area contributed by atoms with Crippen LogP contribution in [-0.4, -0.2) is 46.7 Å². The van der Waals surface area contributed by atoms with Crippen LogP contribution in [0.3, 0.4) is 0 Å². The average Bonchev–Trinajstić information content (AvgIpc) is 3.30. The summed E-state index contributed by atoms with van der Waals surface area (Å²) >= 11 is 0. The van der Waals surface area contributed by atoms with E-state index in [-0.39, 0.29) is 25.5 Å². The van der Waals surface area contributed by atoms with Crippen molar-refractivity contribution in [2.75, 3.05) is 19.9 Å². The van der Waals surface area contributed by atoms with Gasteiger partial charge in [-0.25, -0.2) is 0 Å². The molecule has 1 amide bonds. The highest BCUT2D eigenvalue weighted by atomic mass is 16.7. The molecule has 2 aromatic rings. The summed E-state index contributed by atoms with van der Waals surface area (Å²) in [6, 6.07) is 13.5. The van der Waals surface area contributed by atoms with Gasteiger partial charge in [0.05, 0.1) is 18.2 Å². The van der Waals surface area contributed by atoms with Crippen molar-refractivity contribution < 1.29 is 29.3 Å². The number of nitrogens with zero attached hydrogens (tertiary/aromatic N) is 1. The molecule has 2 aromatic carbocycles. The molecular formula is C22H19NO6. The molecule has 0 bridgehead atoms. The van der Waals surface area contributed by atoms with E-state index in [9.17, 15) is 19.8 Å². The van der Waals surface area contributed by atoms with Crippen LogP contribution in [0.2, 0.25) is 0 Å². The number of carbonyl (C=O) groups excluding carboxylic acids is 2. The topological polar surface area (TPSA) is 96.3 Å². The number of hydrogen-bond acceptors (Lipinski definition) is 6. The number of carbonyl (C=O) groups is 2. The maximum Gasteiger partial charge on any atom is 0.290 e. The third-order valence-electron chi connectivity index (χ3n) is 4.85. The molecule has 0 saturated heterocycles. The van der Waals surface area contributed by atoms with Crippen molar-refractivity contribution in [3.05, 3.63) is 77.1 Å². The van der Waals surface area contributed by atoms with Crippen molar-refractivity contribution >= 4 is 17.8 Å². The van der Waals surface area contributed by atoms with Crippen molar-refractivity contribution in [1.29, 1.82) is 0 Å². The summed E-state index contributed by atoms with van der Waals surface area (Å²) in [6.07, 6.45) is 2.95. The largest absolute Gasteiger partial charge is 0.503 e.